The first kappa shape index (κ1) is 18.3. The summed E-state index contributed by atoms with van der Waals surface area (Å²) in [5.74, 6) is 0.351. The molecule has 0 aliphatic heterocycles. The van der Waals surface area contributed by atoms with E-state index in [0.29, 0.717) is 23.0 Å². The number of aromatic nitrogens is 2. The lowest BCUT2D eigenvalue weighted by Gasteiger charge is -2.08. The van der Waals surface area contributed by atoms with Crippen LogP contribution in [0.25, 0.3) is 22.2 Å². The quantitative estimate of drug-likeness (QED) is 0.510. The van der Waals surface area contributed by atoms with Crippen LogP contribution >= 0.6 is 11.3 Å². The molecule has 0 aliphatic rings. The predicted molar refractivity (Wildman–Crippen MR) is 105 cm³/mol. The lowest BCUT2D eigenvalue weighted by atomic mass is 10.2. The third-order valence-electron chi connectivity index (χ3n) is 3.90. The lowest BCUT2D eigenvalue weighted by Crippen LogP contribution is -2.12. The van der Waals surface area contributed by atoms with Crippen molar-refractivity contribution in [2.45, 2.75) is 11.8 Å². The maximum atomic E-state index is 13.0. The highest BCUT2D eigenvalue weighted by Gasteiger charge is 2.15. The van der Waals surface area contributed by atoms with Crippen molar-refractivity contribution in [3.8, 4) is 22.2 Å². The summed E-state index contributed by atoms with van der Waals surface area (Å²) in [6.45, 7) is 2.00. The van der Waals surface area contributed by atoms with E-state index in [-0.39, 0.29) is 4.90 Å². The largest absolute Gasteiger partial charge is 0.333 e. The van der Waals surface area contributed by atoms with Gasteiger partial charge in [-0.3, -0.25) is 4.72 Å². The number of nitrogens with one attached hydrogen (secondary N) is 1. The lowest BCUT2D eigenvalue weighted by molar-refractivity contribution is 0.433. The zero-order chi connectivity index (χ0) is 19.7. The summed E-state index contributed by atoms with van der Waals surface area (Å²) >= 11 is 1.56. The second-order valence-corrected chi connectivity index (χ2v) is 8.94. The van der Waals surface area contributed by atoms with E-state index in [4.69, 9.17) is 4.52 Å². The van der Waals surface area contributed by atoms with E-state index >= 15 is 0 Å². The smallest absolute Gasteiger partial charge is 0.268 e. The average Bonchev–Trinajstić information content (AvgIpc) is 3.31. The molecule has 0 fully saturated rings. The fourth-order valence-electron chi connectivity index (χ4n) is 2.51. The molecule has 0 unspecified atom stereocenters. The molecular weight excluding hydrogens is 401 g/mol. The molecule has 0 saturated carbocycles. The maximum Gasteiger partial charge on any atom is 0.268 e. The number of benzene rings is 2. The fraction of sp³-hybridized carbons (Fsp3) is 0.0526. The van der Waals surface area contributed by atoms with Crippen molar-refractivity contribution in [1.29, 1.82) is 0 Å². The number of thiophene rings is 1. The zero-order valence-corrected chi connectivity index (χ0v) is 16.2. The standard InChI is InChI=1S/C19H14FN3O3S2/c1-12-2-11-17(27-12)19-21-18(22-26-19)13-3-7-15(8-4-13)23-28(24,25)16-9-5-14(20)6-10-16/h2-11,23H,1H3. The Morgan fingerprint density at radius 3 is 2.36 bits per heavy atom. The molecule has 28 heavy (non-hydrogen) atoms. The van der Waals surface area contributed by atoms with Crippen molar-refractivity contribution >= 4 is 27.0 Å². The molecule has 2 heterocycles. The van der Waals surface area contributed by atoms with Crippen molar-refractivity contribution in [3.63, 3.8) is 0 Å². The molecule has 0 spiro atoms. The van der Waals surface area contributed by atoms with Crippen molar-refractivity contribution < 1.29 is 17.3 Å². The number of aryl methyl sites for hydroxylation is 1. The van der Waals surface area contributed by atoms with Gasteiger partial charge in [0, 0.05) is 16.1 Å². The van der Waals surface area contributed by atoms with E-state index in [0.717, 1.165) is 21.9 Å². The van der Waals surface area contributed by atoms with Gasteiger partial charge in [0.15, 0.2) is 0 Å². The Morgan fingerprint density at radius 1 is 1.00 bits per heavy atom. The maximum absolute atomic E-state index is 13.0. The van der Waals surface area contributed by atoms with Gasteiger partial charge in [0.25, 0.3) is 15.9 Å². The minimum atomic E-state index is -3.80. The number of nitrogens with zero attached hydrogens (tertiary/aromatic N) is 2. The van der Waals surface area contributed by atoms with Crippen LogP contribution in [0.15, 0.2) is 70.1 Å². The Hall–Kier alpha value is -3.04. The molecule has 0 atom stereocenters. The van der Waals surface area contributed by atoms with Crippen LogP contribution in [0.5, 0.6) is 0 Å². The van der Waals surface area contributed by atoms with Crippen molar-refractivity contribution in [1.82, 2.24) is 10.1 Å². The third kappa shape index (κ3) is 3.80. The van der Waals surface area contributed by atoms with Gasteiger partial charge >= 0.3 is 0 Å². The average molecular weight is 415 g/mol. The monoisotopic (exact) mass is 415 g/mol. The summed E-state index contributed by atoms with van der Waals surface area (Å²) in [7, 11) is -3.80. The summed E-state index contributed by atoms with van der Waals surface area (Å²) in [5, 5.41) is 3.98. The fourth-order valence-corrected chi connectivity index (χ4v) is 4.35. The van der Waals surface area contributed by atoms with Gasteiger partial charge in [0.1, 0.15) is 5.82 Å². The SMILES string of the molecule is Cc1ccc(-c2nc(-c3ccc(NS(=O)(=O)c4ccc(F)cc4)cc3)no2)s1. The first-order valence-corrected chi connectivity index (χ1v) is 10.5. The zero-order valence-electron chi connectivity index (χ0n) is 14.6. The molecule has 6 nitrogen and oxygen atoms in total. The van der Waals surface area contributed by atoms with Crippen molar-refractivity contribution in [2.24, 2.45) is 0 Å². The van der Waals surface area contributed by atoms with Gasteiger partial charge in [-0.05, 0) is 67.6 Å². The second kappa shape index (κ2) is 7.17. The number of sulfonamides is 1. The highest BCUT2D eigenvalue weighted by Crippen LogP contribution is 2.28. The van der Waals surface area contributed by atoms with Crippen molar-refractivity contribution in [3.05, 3.63) is 71.4 Å². The normalized spacial score (nSPS) is 11.5. The Kier molecular flexibility index (Phi) is 4.70. The number of halogens is 1. The Morgan fingerprint density at radius 2 is 1.71 bits per heavy atom. The number of anilines is 1. The van der Waals surface area contributed by atoms with E-state index in [2.05, 4.69) is 14.9 Å². The topological polar surface area (TPSA) is 85.1 Å². The molecule has 0 aliphatic carbocycles. The van der Waals surface area contributed by atoms with E-state index in [1.165, 1.54) is 12.1 Å². The number of rotatable bonds is 5. The number of hydrogen-bond acceptors (Lipinski definition) is 6. The highest BCUT2D eigenvalue weighted by atomic mass is 32.2. The van der Waals surface area contributed by atoms with Crippen LogP contribution in [0.4, 0.5) is 10.1 Å². The minimum absolute atomic E-state index is 0.0213. The predicted octanol–water partition coefficient (Wildman–Crippen LogP) is 4.71. The van der Waals surface area contributed by atoms with E-state index in [1.54, 1.807) is 35.6 Å². The van der Waals surface area contributed by atoms with Crippen LogP contribution < -0.4 is 4.72 Å². The molecule has 2 aromatic heterocycles. The van der Waals surface area contributed by atoms with Gasteiger partial charge in [-0.1, -0.05) is 5.16 Å². The Bertz CT molecular complexity index is 1210. The summed E-state index contributed by atoms with van der Waals surface area (Å²) < 4.78 is 45.5. The molecule has 4 rings (SSSR count). The van der Waals surface area contributed by atoms with E-state index in [1.807, 2.05) is 19.1 Å². The summed E-state index contributed by atoms with van der Waals surface area (Å²) in [6, 6.07) is 15.1. The van der Waals surface area contributed by atoms with Crippen LogP contribution in [-0.4, -0.2) is 18.6 Å². The van der Waals surface area contributed by atoms with Gasteiger partial charge < -0.3 is 4.52 Å². The molecule has 0 radical (unpaired) electrons. The molecule has 0 amide bonds. The highest BCUT2D eigenvalue weighted by molar-refractivity contribution is 7.92. The van der Waals surface area contributed by atoms with Crippen LogP contribution in [0.2, 0.25) is 0 Å². The minimum Gasteiger partial charge on any atom is -0.333 e. The third-order valence-corrected chi connectivity index (χ3v) is 6.28. The van der Waals surface area contributed by atoms with Crippen molar-refractivity contribution in [2.75, 3.05) is 4.72 Å². The molecule has 2 aromatic carbocycles. The van der Waals surface area contributed by atoms with Gasteiger partial charge in [0.2, 0.25) is 5.82 Å². The summed E-state index contributed by atoms with van der Waals surface area (Å²) in [4.78, 5) is 6.40. The number of hydrogen-bond donors (Lipinski definition) is 1. The molecular formula is C19H14FN3O3S2. The Labute approximate surface area is 164 Å². The van der Waals surface area contributed by atoms with Gasteiger partial charge in [-0.15, -0.1) is 11.3 Å². The Balaban J connectivity index is 1.53. The second-order valence-electron chi connectivity index (χ2n) is 5.97. The van der Waals surface area contributed by atoms with E-state index in [9.17, 15) is 12.8 Å². The summed E-state index contributed by atoms with van der Waals surface area (Å²) in [6.07, 6.45) is 0. The first-order chi connectivity index (χ1) is 13.4. The van der Waals surface area contributed by atoms with Gasteiger partial charge in [-0.2, -0.15) is 4.98 Å². The molecule has 9 heteroatoms. The molecule has 1 N–H and O–H groups in total. The molecule has 4 aromatic rings. The van der Waals surface area contributed by atoms with E-state index < -0.39 is 15.8 Å². The van der Waals surface area contributed by atoms with Gasteiger partial charge in [-0.25, -0.2) is 12.8 Å². The van der Waals surface area contributed by atoms with Crippen LogP contribution in [-0.2, 0) is 10.0 Å². The van der Waals surface area contributed by atoms with Crippen LogP contribution in [0.3, 0.4) is 0 Å². The molecule has 0 bridgehead atoms. The summed E-state index contributed by atoms with van der Waals surface area (Å²) in [5.41, 5.74) is 1.05. The van der Waals surface area contributed by atoms with Gasteiger partial charge in [0.05, 0.1) is 9.77 Å². The molecule has 0 saturated heterocycles. The van der Waals surface area contributed by atoms with Crippen LogP contribution in [0, 0.1) is 12.7 Å². The molecule has 142 valence electrons. The van der Waals surface area contributed by atoms with Crippen LogP contribution in [0.1, 0.15) is 4.88 Å². The first-order valence-electron chi connectivity index (χ1n) is 8.20.